The van der Waals surface area contributed by atoms with E-state index in [1.807, 2.05) is 0 Å². The van der Waals surface area contributed by atoms with Crippen LogP contribution >= 0.6 is 0 Å². The number of aromatic hydroxyl groups is 1. The van der Waals surface area contributed by atoms with Crippen LogP contribution in [0.25, 0.3) is 27.9 Å². The van der Waals surface area contributed by atoms with E-state index in [0.29, 0.717) is 0 Å². The molecule has 0 radical (unpaired) electrons. The summed E-state index contributed by atoms with van der Waals surface area (Å²) < 4.78 is 33.6. The number of carboxylic acid groups (broad SMARTS) is 2. The van der Waals surface area contributed by atoms with Gasteiger partial charge in [-0.1, -0.05) is 18.7 Å². The fourth-order valence-electron chi connectivity index (χ4n) is 3.02. The topological polar surface area (TPSA) is 125 Å². The average Bonchev–Trinajstić information content (AvgIpc) is 2.69. The zero-order valence-corrected chi connectivity index (χ0v) is 17.0. The molecule has 1 aromatic carbocycles. The molecule has 3 rings (SSSR count). The van der Waals surface area contributed by atoms with Crippen molar-refractivity contribution in [2.45, 2.75) is 13.8 Å². The Bertz CT molecular complexity index is 1310. The van der Waals surface area contributed by atoms with Crippen LogP contribution in [0.1, 0.15) is 19.4 Å². The Morgan fingerprint density at radius 3 is 2.25 bits per heavy atom. The van der Waals surface area contributed by atoms with Gasteiger partial charge in [-0.15, -0.1) is 0 Å². The van der Waals surface area contributed by atoms with Crippen molar-refractivity contribution < 1.29 is 38.1 Å². The number of hydrogen-bond donors (Lipinski definition) is 3. The van der Waals surface area contributed by atoms with Crippen LogP contribution in [0, 0.1) is 11.6 Å². The van der Waals surface area contributed by atoms with Crippen LogP contribution in [0.2, 0.25) is 0 Å². The maximum atomic E-state index is 14.1. The van der Waals surface area contributed by atoms with Gasteiger partial charge < -0.3 is 19.7 Å². The predicted octanol–water partition coefficient (Wildman–Crippen LogP) is 4.57. The molecular formula is C23H18F2O7. The number of phenolic OH excluding ortho intramolecular Hbond substituents is 1. The van der Waals surface area contributed by atoms with Crippen LogP contribution in [0.15, 0.2) is 63.9 Å². The second-order valence-electron chi connectivity index (χ2n) is 6.40. The van der Waals surface area contributed by atoms with Crippen LogP contribution < -0.4 is 5.43 Å². The number of rotatable bonds is 4. The number of allylic oxidation sites excluding steroid dienone is 3. The maximum Gasteiger partial charge on any atom is 0.336 e. The van der Waals surface area contributed by atoms with Crippen LogP contribution in [0.5, 0.6) is 5.75 Å². The Hall–Kier alpha value is -4.27. The number of hydrogen-bond acceptors (Lipinski definition) is 5. The van der Waals surface area contributed by atoms with E-state index in [0.717, 1.165) is 31.2 Å². The van der Waals surface area contributed by atoms with Crippen molar-refractivity contribution >= 4 is 28.5 Å². The van der Waals surface area contributed by atoms with Crippen LogP contribution in [0.4, 0.5) is 8.78 Å². The fourth-order valence-corrected chi connectivity index (χ4v) is 3.02. The summed E-state index contributed by atoms with van der Waals surface area (Å²) >= 11 is 0. The van der Waals surface area contributed by atoms with E-state index >= 15 is 0 Å². The third-order valence-electron chi connectivity index (χ3n) is 4.20. The summed E-state index contributed by atoms with van der Waals surface area (Å²) in [5.41, 5.74) is -0.733. The Kier molecular flexibility index (Phi) is 7.27. The molecule has 2 aliphatic rings. The molecule has 1 heterocycles. The molecule has 0 saturated heterocycles. The van der Waals surface area contributed by atoms with Crippen molar-refractivity contribution in [1.82, 2.24) is 0 Å². The standard InChI is InChI=1S/C21H14F2O5.C2H4O2/c1-3-5-11(21(26)27)10(4-2)20-12-6-14(22)16(24)8-18(12)28-19-9-17(25)15(23)7-13(19)20;1-2(3)4/h3-9,24H,1H2,2H3,(H,26,27);1H3,(H,3,4)/b10-4+,11-5+;. The quantitative estimate of drug-likeness (QED) is 0.306. The maximum absolute atomic E-state index is 14.1. The average molecular weight is 444 g/mol. The molecule has 1 aliphatic heterocycles. The lowest BCUT2D eigenvalue weighted by Crippen LogP contribution is -2.09. The lowest BCUT2D eigenvalue weighted by atomic mass is 9.89. The molecule has 0 fully saturated rings. The normalized spacial score (nSPS) is 11.8. The summed E-state index contributed by atoms with van der Waals surface area (Å²) in [6.07, 6.45) is 3.98. The zero-order chi connectivity index (χ0) is 24.2. The molecule has 0 saturated carbocycles. The van der Waals surface area contributed by atoms with Crippen molar-refractivity contribution in [2.75, 3.05) is 0 Å². The van der Waals surface area contributed by atoms with Gasteiger partial charge in [0.05, 0.1) is 5.57 Å². The van der Waals surface area contributed by atoms with E-state index in [2.05, 4.69) is 6.58 Å². The van der Waals surface area contributed by atoms with Crippen LogP contribution in [0.3, 0.4) is 0 Å². The van der Waals surface area contributed by atoms with E-state index < -0.39 is 34.8 Å². The predicted molar refractivity (Wildman–Crippen MR) is 114 cm³/mol. The molecule has 0 bridgehead atoms. The molecule has 7 nitrogen and oxygen atoms in total. The minimum Gasteiger partial charge on any atom is -0.505 e. The first-order chi connectivity index (χ1) is 15.0. The molecule has 1 aromatic rings. The molecule has 0 aromatic heterocycles. The van der Waals surface area contributed by atoms with Crippen molar-refractivity contribution in [3.05, 3.63) is 82.1 Å². The SMILES string of the molecule is C=C/C=C(C(=O)O)\C(=C/C)c1c2cc(F)c(=O)cc-2oc2cc(O)c(F)cc12.CC(=O)O. The minimum atomic E-state index is -1.28. The Balaban J connectivity index is 0.000000837. The third kappa shape index (κ3) is 4.89. The molecular weight excluding hydrogens is 426 g/mol. The van der Waals surface area contributed by atoms with Crippen molar-refractivity contribution in [3.8, 4) is 17.1 Å². The minimum absolute atomic E-state index is 0.00454. The summed E-state index contributed by atoms with van der Waals surface area (Å²) in [6.45, 7) is 6.13. The van der Waals surface area contributed by atoms with Crippen molar-refractivity contribution in [3.63, 3.8) is 0 Å². The smallest absolute Gasteiger partial charge is 0.336 e. The van der Waals surface area contributed by atoms with Gasteiger partial charge in [0.2, 0.25) is 5.43 Å². The van der Waals surface area contributed by atoms with Gasteiger partial charge in [-0.05, 0) is 30.7 Å². The molecule has 3 N–H and O–H groups in total. The monoisotopic (exact) mass is 444 g/mol. The van der Waals surface area contributed by atoms with Gasteiger partial charge in [-0.2, -0.15) is 0 Å². The van der Waals surface area contributed by atoms with Crippen molar-refractivity contribution in [1.29, 1.82) is 0 Å². The van der Waals surface area contributed by atoms with Gasteiger partial charge in [-0.3, -0.25) is 9.59 Å². The van der Waals surface area contributed by atoms with E-state index in [4.69, 9.17) is 14.3 Å². The van der Waals surface area contributed by atoms with Crippen LogP contribution in [-0.2, 0) is 9.59 Å². The van der Waals surface area contributed by atoms with Gasteiger partial charge in [0.15, 0.2) is 17.4 Å². The van der Waals surface area contributed by atoms with Crippen molar-refractivity contribution in [2.24, 2.45) is 0 Å². The highest BCUT2D eigenvalue weighted by molar-refractivity contribution is 6.12. The first-order valence-electron chi connectivity index (χ1n) is 9.03. The van der Waals surface area contributed by atoms with Gasteiger partial charge in [0.1, 0.15) is 11.3 Å². The lowest BCUT2D eigenvalue weighted by molar-refractivity contribution is -0.134. The lowest BCUT2D eigenvalue weighted by Gasteiger charge is -2.18. The summed E-state index contributed by atoms with van der Waals surface area (Å²) in [7, 11) is 0. The number of halogens is 2. The van der Waals surface area contributed by atoms with Gasteiger partial charge in [0, 0.05) is 35.6 Å². The van der Waals surface area contributed by atoms with Crippen LogP contribution in [-0.4, -0.2) is 27.3 Å². The van der Waals surface area contributed by atoms with E-state index in [-0.39, 0.29) is 39.0 Å². The molecule has 0 amide bonds. The highest BCUT2D eigenvalue weighted by Gasteiger charge is 2.25. The number of phenols is 1. The second kappa shape index (κ2) is 9.69. The summed E-state index contributed by atoms with van der Waals surface area (Å²) in [5.74, 6) is -4.88. The first-order valence-corrected chi connectivity index (χ1v) is 9.03. The highest BCUT2D eigenvalue weighted by Crippen LogP contribution is 2.41. The molecule has 166 valence electrons. The van der Waals surface area contributed by atoms with E-state index in [1.54, 1.807) is 6.92 Å². The number of carbonyl (C=O) groups is 2. The van der Waals surface area contributed by atoms with Gasteiger partial charge >= 0.3 is 5.97 Å². The summed E-state index contributed by atoms with van der Waals surface area (Å²) in [6, 6.07) is 3.80. The molecule has 32 heavy (non-hydrogen) atoms. The van der Waals surface area contributed by atoms with E-state index in [1.165, 1.54) is 18.2 Å². The summed E-state index contributed by atoms with van der Waals surface area (Å²) in [4.78, 5) is 32.5. The second-order valence-corrected chi connectivity index (χ2v) is 6.40. The Labute approximate surface area is 180 Å². The Morgan fingerprint density at radius 2 is 1.72 bits per heavy atom. The number of benzene rings is 2. The molecule has 1 aliphatic carbocycles. The van der Waals surface area contributed by atoms with E-state index in [9.17, 15) is 28.6 Å². The summed E-state index contributed by atoms with van der Waals surface area (Å²) in [5, 5.41) is 26.8. The third-order valence-corrected chi connectivity index (χ3v) is 4.20. The van der Waals surface area contributed by atoms with Gasteiger partial charge in [-0.25, -0.2) is 13.6 Å². The Morgan fingerprint density at radius 1 is 1.09 bits per heavy atom. The number of fused-ring (bicyclic) bond motifs is 2. The number of aliphatic carboxylic acids is 2. The first kappa shape index (κ1) is 24.0. The highest BCUT2D eigenvalue weighted by atomic mass is 19.1. The zero-order valence-electron chi connectivity index (χ0n) is 17.0. The largest absolute Gasteiger partial charge is 0.505 e. The van der Waals surface area contributed by atoms with Gasteiger partial charge in [0.25, 0.3) is 5.97 Å². The molecule has 0 unspecified atom stereocenters. The fraction of sp³-hybridized carbons (Fsp3) is 0.0870. The number of carboxylic acids is 2. The molecule has 9 heteroatoms. The molecule has 0 spiro atoms. The molecule has 0 atom stereocenters.